The standard InChI is InChI=1S/C12H11ClN2O4/c1-18-12(16)8-3-2-4-10(13)9(8)7-19-11-5-6-15(17)14-11/h2-6,17H,7H2,1H3. The number of hydrogen-bond acceptors (Lipinski definition) is 5. The van der Waals surface area contributed by atoms with Gasteiger partial charge in [-0.2, -0.15) is 0 Å². The van der Waals surface area contributed by atoms with Crippen LogP contribution in [-0.2, 0) is 11.3 Å². The summed E-state index contributed by atoms with van der Waals surface area (Å²) < 4.78 is 10.0. The van der Waals surface area contributed by atoms with Crippen LogP contribution >= 0.6 is 11.6 Å². The predicted octanol–water partition coefficient (Wildman–Crippen LogP) is 2.14. The predicted molar refractivity (Wildman–Crippen MR) is 66.5 cm³/mol. The second-order valence-corrected chi connectivity index (χ2v) is 4.03. The maximum Gasteiger partial charge on any atom is 0.338 e. The minimum absolute atomic E-state index is 0.0428. The van der Waals surface area contributed by atoms with Crippen molar-refractivity contribution >= 4 is 17.6 Å². The SMILES string of the molecule is COC(=O)c1cccc(Cl)c1COc1ccn(O)n1. The maximum absolute atomic E-state index is 11.6. The number of aromatic nitrogens is 2. The van der Waals surface area contributed by atoms with Gasteiger partial charge in [0.1, 0.15) is 6.61 Å². The van der Waals surface area contributed by atoms with E-state index in [2.05, 4.69) is 9.84 Å². The quantitative estimate of drug-likeness (QED) is 0.687. The smallest absolute Gasteiger partial charge is 0.338 e. The fourth-order valence-electron chi connectivity index (χ4n) is 1.53. The molecule has 2 rings (SSSR count). The number of carbonyl (C=O) groups excluding carboxylic acids is 1. The second-order valence-electron chi connectivity index (χ2n) is 3.62. The van der Waals surface area contributed by atoms with Crippen molar-refractivity contribution in [1.82, 2.24) is 9.94 Å². The van der Waals surface area contributed by atoms with Gasteiger partial charge in [0, 0.05) is 16.7 Å². The van der Waals surface area contributed by atoms with E-state index in [1.807, 2.05) is 0 Å². The summed E-state index contributed by atoms with van der Waals surface area (Å²) in [5.41, 5.74) is 0.835. The molecule has 19 heavy (non-hydrogen) atoms. The molecule has 7 heteroatoms. The molecule has 0 aliphatic heterocycles. The molecule has 1 N–H and O–H groups in total. The molecular weight excluding hydrogens is 272 g/mol. The molecule has 0 aliphatic carbocycles. The molecule has 0 unspecified atom stereocenters. The number of carbonyl (C=O) groups is 1. The fourth-order valence-corrected chi connectivity index (χ4v) is 1.76. The van der Waals surface area contributed by atoms with Crippen LogP contribution in [-0.4, -0.2) is 28.2 Å². The largest absolute Gasteiger partial charge is 0.472 e. The van der Waals surface area contributed by atoms with Gasteiger partial charge < -0.3 is 14.7 Å². The van der Waals surface area contributed by atoms with Gasteiger partial charge in [-0.15, -0.1) is 4.85 Å². The fraction of sp³-hybridized carbons (Fsp3) is 0.167. The molecule has 0 atom stereocenters. The summed E-state index contributed by atoms with van der Waals surface area (Å²) in [5, 5.41) is 13.0. The van der Waals surface area contributed by atoms with E-state index < -0.39 is 5.97 Å². The summed E-state index contributed by atoms with van der Waals surface area (Å²) in [6.07, 6.45) is 1.32. The van der Waals surface area contributed by atoms with Gasteiger partial charge in [0.2, 0.25) is 5.88 Å². The zero-order valence-corrected chi connectivity index (χ0v) is 10.8. The molecule has 0 fully saturated rings. The highest BCUT2D eigenvalue weighted by Crippen LogP contribution is 2.22. The molecule has 0 amide bonds. The number of halogens is 1. The van der Waals surface area contributed by atoms with Crippen LogP contribution in [0.4, 0.5) is 0 Å². The highest BCUT2D eigenvalue weighted by Gasteiger charge is 2.15. The van der Waals surface area contributed by atoms with Crippen molar-refractivity contribution in [1.29, 1.82) is 0 Å². The Bertz CT molecular complexity index is 597. The van der Waals surface area contributed by atoms with E-state index in [1.54, 1.807) is 18.2 Å². The van der Waals surface area contributed by atoms with Crippen molar-refractivity contribution in [3.05, 3.63) is 46.6 Å². The lowest BCUT2D eigenvalue weighted by atomic mass is 10.1. The lowest BCUT2D eigenvalue weighted by Gasteiger charge is -2.10. The van der Waals surface area contributed by atoms with E-state index in [1.165, 1.54) is 19.4 Å². The third-order valence-electron chi connectivity index (χ3n) is 2.44. The normalized spacial score (nSPS) is 10.2. The van der Waals surface area contributed by atoms with Crippen LogP contribution < -0.4 is 4.74 Å². The first-order valence-electron chi connectivity index (χ1n) is 5.35. The molecule has 1 aromatic heterocycles. The number of methoxy groups -OCH3 is 1. The molecule has 2 aromatic rings. The Hall–Kier alpha value is -2.21. The third kappa shape index (κ3) is 2.97. The number of esters is 1. The minimum atomic E-state index is -0.492. The zero-order chi connectivity index (χ0) is 13.8. The van der Waals surface area contributed by atoms with Gasteiger partial charge >= 0.3 is 5.97 Å². The molecule has 0 bridgehead atoms. The Morgan fingerprint density at radius 2 is 2.26 bits per heavy atom. The summed E-state index contributed by atoms with van der Waals surface area (Å²) in [5.74, 6) is -0.271. The first-order chi connectivity index (χ1) is 9.11. The highest BCUT2D eigenvalue weighted by atomic mass is 35.5. The molecule has 0 spiro atoms. The Morgan fingerprint density at radius 1 is 1.47 bits per heavy atom. The third-order valence-corrected chi connectivity index (χ3v) is 2.79. The van der Waals surface area contributed by atoms with E-state index in [0.29, 0.717) is 21.0 Å². The van der Waals surface area contributed by atoms with E-state index in [-0.39, 0.29) is 12.5 Å². The minimum Gasteiger partial charge on any atom is -0.472 e. The van der Waals surface area contributed by atoms with E-state index >= 15 is 0 Å². The van der Waals surface area contributed by atoms with Crippen molar-refractivity contribution in [2.75, 3.05) is 7.11 Å². The van der Waals surface area contributed by atoms with Crippen LogP contribution in [0.3, 0.4) is 0 Å². The van der Waals surface area contributed by atoms with Crippen molar-refractivity contribution in [2.24, 2.45) is 0 Å². The van der Waals surface area contributed by atoms with Gasteiger partial charge in [0.25, 0.3) is 0 Å². The molecule has 1 aromatic carbocycles. The zero-order valence-electron chi connectivity index (χ0n) is 10.0. The molecule has 1 heterocycles. The Kier molecular flexibility index (Phi) is 3.91. The molecule has 100 valence electrons. The van der Waals surface area contributed by atoms with Crippen molar-refractivity contribution < 1.29 is 19.5 Å². The van der Waals surface area contributed by atoms with E-state index in [0.717, 1.165) is 0 Å². The number of hydrogen-bond donors (Lipinski definition) is 1. The summed E-state index contributed by atoms with van der Waals surface area (Å²) >= 11 is 6.04. The number of ether oxygens (including phenoxy) is 2. The first-order valence-corrected chi connectivity index (χ1v) is 5.73. The Morgan fingerprint density at radius 3 is 2.89 bits per heavy atom. The highest BCUT2D eigenvalue weighted by molar-refractivity contribution is 6.31. The van der Waals surface area contributed by atoms with Crippen LogP contribution in [0.2, 0.25) is 5.02 Å². The van der Waals surface area contributed by atoms with Gasteiger partial charge in [0.15, 0.2) is 0 Å². The average Bonchev–Trinajstić information content (AvgIpc) is 2.82. The lowest BCUT2D eigenvalue weighted by molar-refractivity contribution is 0.0597. The summed E-state index contributed by atoms with van der Waals surface area (Å²) in [4.78, 5) is 12.2. The molecule has 0 saturated heterocycles. The lowest BCUT2D eigenvalue weighted by Crippen LogP contribution is -2.09. The monoisotopic (exact) mass is 282 g/mol. The van der Waals surface area contributed by atoms with Crippen molar-refractivity contribution in [3.8, 4) is 5.88 Å². The second kappa shape index (κ2) is 5.62. The van der Waals surface area contributed by atoms with Crippen LogP contribution in [0.1, 0.15) is 15.9 Å². The van der Waals surface area contributed by atoms with Gasteiger partial charge in [-0.3, -0.25) is 0 Å². The van der Waals surface area contributed by atoms with Gasteiger partial charge in [0.05, 0.1) is 18.9 Å². The Balaban J connectivity index is 2.21. The van der Waals surface area contributed by atoms with E-state index in [4.69, 9.17) is 21.5 Å². The van der Waals surface area contributed by atoms with Crippen molar-refractivity contribution in [3.63, 3.8) is 0 Å². The number of benzene rings is 1. The molecular formula is C12H11ClN2O4. The van der Waals surface area contributed by atoms with Crippen LogP contribution in [0.15, 0.2) is 30.5 Å². The average molecular weight is 283 g/mol. The van der Waals surface area contributed by atoms with Gasteiger partial charge in [-0.25, -0.2) is 4.79 Å². The molecule has 0 saturated carbocycles. The van der Waals surface area contributed by atoms with Crippen LogP contribution in [0.5, 0.6) is 5.88 Å². The van der Waals surface area contributed by atoms with Crippen LogP contribution in [0.25, 0.3) is 0 Å². The van der Waals surface area contributed by atoms with Crippen LogP contribution in [0, 0.1) is 0 Å². The number of nitrogens with zero attached hydrogens (tertiary/aromatic N) is 2. The first kappa shape index (κ1) is 13.2. The van der Waals surface area contributed by atoms with Gasteiger partial charge in [-0.05, 0) is 12.1 Å². The summed E-state index contributed by atoms with van der Waals surface area (Å²) in [6.45, 7) is 0.0428. The van der Waals surface area contributed by atoms with E-state index in [9.17, 15) is 4.79 Å². The topological polar surface area (TPSA) is 73.6 Å². The molecule has 0 radical (unpaired) electrons. The molecule has 0 aliphatic rings. The Labute approximate surface area is 114 Å². The van der Waals surface area contributed by atoms with Crippen molar-refractivity contribution in [2.45, 2.75) is 6.61 Å². The molecule has 6 nitrogen and oxygen atoms in total. The van der Waals surface area contributed by atoms with Gasteiger partial charge in [-0.1, -0.05) is 22.8 Å². The maximum atomic E-state index is 11.6. The summed E-state index contributed by atoms with van der Waals surface area (Å²) in [6, 6.07) is 6.38. The summed E-state index contributed by atoms with van der Waals surface area (Å²) in [7, 11) is 1.29. The number of rotatable bonds is 4.